The summed E-state index contributed by atoms with van der Waals surface area (Å²) in [5, 5.41) is 10.5. The van der Waals surface area contributed by atoms with Crippen LogP contribution in [0.1, 0.15) is 19.8 Å². The monoisotopic (exact) mass is 236 g/mol. The number of nitrogens with zero attached hydrogens (tertiary/aromatic N) is 3. The molecule has 1 aliphatic rings. The second-order valence-electron chi connectivity index (χ2n) is 4.25. The van der Waals surface area contributed by atoms with E-state index in [2.05, 4.69) is 16.8 Å². The summed E-state index contributed by atoms with van der Waals surface area (Å²) in [6, 6.07) is 3.66. The molecule has 17 heavy (non-hydrogen) atoms. The third-order valence-electron chi connectivity index (χ3n) is 3.27. The van der Waals surface area contributed by atoms with Crippen molar-refractivity contribution in [3.05, 3.63) is 28.4 Å². The summed E-state index contributed by atoms with van der Waals surface area (Å²) in [4.78, 5) is 16.0. The van der Waals surface area contributed by atoms with Gasteiger partial charge in [-0.05, 0) is 28.8 Å². The van der Waals surface area contributed by atoms with Crippen molar-refractivity contribution in [1.29, 1.82) is 0 Å². The van der Waals surface area contributed by atoms with Crippen molar-refractivity contribution in [2.24, 2.45) is 5.73 Å². The molecule has 0 saturated carbocycles. The number of anilines is 1. The average molecular weight is 236 g/mol. The lowest BCUT2D eigenvalue weighted by molar-refractivity contribution is -0.389. The first-order valence-electron chi connectivity index (χ1n) is 5.76. The van der Waals surface area contributed by atoms with Gasteiger partial charge in [-0.3, -0.25) is 0 Å². The van der Waals surface area contributed by atoms with E-state index in [1.165, 1.54) is 6.07 Å². The maximum atomic E-state index is 10.5. The molecule has 1 aromatic heterocycles. The van der Waals surface area contributed by atoms with Crippen molar-refractivity contribution in [3.63, 3.8) is 0 Å². The van der Waals surface area contributed by atoms with Gasteiger partial charge in [-0.25, -0.2) is 0 Å². The smallest absolute Gasteiger partial charge is 0.363 e. The molecule has 2 heterocycles. The molecule has 1 saturated heterocycles. The lowest BCUT2D eigenvalue weighted by atomic mass is 10.1. The average Bonchev–Trinajstić information content (AvgIpc) is 2.70. The van der Waals surface area contributed by atoms with E-state index in [9.17, 15) is 10.1 Å². The molecule has 0 spiro atoms. The largest absolute Gasteiger partial charge is 0.364 e. The van der Waals surface area contributed by atoms with E-state index in [1.54, 1.807) is 12.3 Å². The van der Waals surface area contributed by atoms with Gasteiger partial charge < -0.3 is 20.7 Å². The minimum atomic E-state index is -0.489. The van der Waals surface area contributed by atoms with E-state index >= 15 is 0 Å². The molecule has 0 aliphatic carbocycles. The van der Waals surface area contributed by atoms with Gasteiger partial charge in [-0.1, -0.05) is 6.92 Å². The lowest BCUT2D eigenvalue weighted by Crippen LogP contribution is -2.38. The van der Waals surface area contributed by atoms with Gasteiger partial charge in [0.25, 0.3) is 0 Å². The molecule has 2 N–H and O–H groups in total. The summed E-state index contributed by atoms with van der Waals surface area (Å²) in [5.41, 5.74) is 6.94. The standard InChI is InChI=1S/C11H16N4O2/c1-2-10-9(12)5-6-14(10)8-3-4-11(13-7-8)15(16)17/h3-4,7,9-10H,2,5-6,12H2,1H3. The van der Waals surface area contributed by atoms with Crippen molar-refractivity contribution in [3.8, 4) is 0 Å². The molecule has 0 aromatic carbocycles. The first-order valence-corrected chi connectivity index (χ1v) is 5.76. The quantitative estimate of drug-likeness (QED) is 0.631. The van der Waals surface area contributed by atoms with Gasteiger partial charge in [-0.2, -0.15) is 0 Å². The van der Waals surface area contributed by atoms with Crippen LogP contribution >= 0.6 is 0 Å². The fraction of sp³-hybridized carbons (Fsp3) is 0.545. The highest BCUT2D eigenvalue weighted by Gasteiger charge is 2.31. The topological polar surface area (TPSA) is 85.3 Å². The number of rotatable bonds is 3. The Labute approximate surface area is 99.6 Å². The van der Waals surface area contributed by atoms with Gasteiger partial charge in [0.2, 0.25) is 0 Å². The van der Waals surface area contributed by atoms with Crippen LogP contribution in [-0.2, 0) is 0 Å². The SMILES string of the molecule is CCC1C(N)CCN1c1ccc([N+](=O)[O-])nc1. The van der Waals surface area contributed by atoms with Crippen LogP contribution in [0.25, 0.3) is 0 Å². The van der Waals surface area contributed by atoms with Gasteiger partial charge in [-0.15, -0.1) is 0 Å². The molecular formula is C11H16N4O2. The number of nitro groups is 1. The van der Waals surface area contributed by atoms with Crippen LogP contribution in [0.5, 0.6) is 0 Å². The van der Waals surface area contributed by atoms with Gasteiger partial charge in [0.15, 0.2) is 6.20 Å². The Hall–Kier alpha value is -1.69. The van der Waals surface area contributed by atoms with E-state index in [-0.39, 0.29) is 11.9 Å². The molecule has 6 heteroatoms. The van der Waals surface area contributed by atoms with E-state index < -0.39 is 4.92 Å². The Kier molecular flexibility index (Phi) is 3.23. The van der Waals surface area contributed by atoms with Crippen LogP contribution in [0, 0.1) is 10.1 Å². The molecule has 1 aliphatic heterocycles. The summed E-state index contributed by atoms with van der Waals surface area (Å²) in [7, 11) is 0. The second-order valence-corrected chi connectivity index (χ2v) is 4.25. The first-order chi connectivity index (χ1) is 8.13. The van der Waals surface area contributed by atoms with Gasteiger partial charge in [0.05, 0.1) is 5.69 Å². The van der Waals surface area contributed by atoms with Gasteiger partial charge in [0.1, 0.15) is 0 Å². The van der Waals surface area contributed by atoms with Crippen LogP contribution in [0.3, 0.4) is 0 Å². The van der Waals surface area contributed by atoms with E-state index in [0.717, 1.165) is 25.1 Å². The molecule has 2 rings (SSSR count). The number of hydrogen-bond donors (Lipinski definition) is 1. The Bertz CT molecular complexity index is 406. The van der Waals surface area contributed by atoms with Crippen LogP contribution in [0.15, 0.2) is 18.3 Å². The maximum absolute atomic E-state index is 10.5. The Balaban J connectivity index is 2.20. The number of hydrogen-bond acceptors (Lipinski definition) is 5. The molecule has 1 aromatic rings. The lowest BCUT2D eigenvalue weighted by Gasteiger charge is -2.26. The molecule has 0 bridgehead atoms. The molecule has 2 unspecified atom stereocenters. The summed E-state index contributed by atoms with van der Waals surface area (Å²) in [6.45, 7) is 2.99. The van der Waals surface area contributed by atoms with E-state index in [1.807, 2.05) is 0 Å². The van der Waals surface area contributed by atoms with Gasteiger partial charge >= 0.3 is 5.82 Å². The van der Waals surface area contributed by atoms with Crippen LogP contribution < -0.4 is 10.6 Å². The highest BCUT2D eigenvalue weighted by Crippen LogP contribution is 2.26. The van der Waals surface area contributed by atoms with Crippen molar-refractivity contribution in [2.75, 3.05) is 11.4 Å². The highest BCUT2D eigenvalue weighted by molar-refractivity contribution is 5.49. The molecular weight excluding hydrogens is 220 g/mol. The van der Waals surface area contributed by atoms with Crippen LogP contribution in [0.4, 0.5) is 11.5 Å². The second kappa shape index (κ2) is 4.67. The molecule has 6 nitrogen and oxygen atoms in total. The number of nitrogens with two attached hydrogens (primary N) is 1. The van der Waals surface area contributed by atoms with Crippen molar-refractivity contribution in [1.82, 2.24) is 4.98 Å². The zero-order chi connectivity index (χ0) is 12.4. The Morgan fingerprint density at radius 2 is 2.41 bits per heavy atom. The molecule has 92 valence electrons. The Morgan fingerprint density at radius 3 is 2.94 bits per heavy atom. The summed E-state index contributed by atoms with van der Waals surface area (Å²) in [5.74, 6) is -0.120. The highest BCUT2D eigenvalue weighted by atomic mass is 16.6. The molecule has 2 atom stereocenters. The summed E-state index contributed by atoms with van der Waals surface area (Å²) >= 11 is 0. The Morgan fingerprint density at radius 1 is 1.65 bits per heavy atom. The number of aromatic nitrogens is 1. The van der Waals surface area contributed by atoms with E-state index in [4.69, 9.17) is 5.73 Å². The molecule has 1 fully saturated rings. The van der Waals surface area contributed by atoms with E-state index in [0.29, 0.717) is 6.04 Å². The predicted molar refractivity (Wildman–Crippen MR) is 64.9 cm³/mol. The minimum Gasteiger partial charge on any atom is -0.364 e. The first kappa shape index (κ1) is 11.8. The third-order valence-corrected chi connectivity index (χ3v) is 3.27. The van der Waals surface area contributed by atoms with Crippen LogP contribution in [0.2, 0.25) is 0 Å². The fourth-order valence-corrected chi connectivity index (χ4v) is 2.38. The van der Waals surface area contributed by atoms with Crippen molar-refractivity contribution < 1.29 is 4.92 Å². The minimum absolute atomic E-state index is 0.120. The zero-order valence-electron chi connectivity index (χ0n) is 9.74. The summed E-state index contributed by atoms with van der Waals surface area (Å²) < 4.78 is 0. The fourth-order valence-electron chi connectivity index (χ4n) is 2.38. The third kappa shape index (κ3) is 2.21. The number of pyridine rings is 1. The van der Waals surface area contributed by atoms with Crippen molar-refractivity contribution in [2.45, 2.75) is 31.8 Å². The maximum Gasteiger partial charge on any atom is 0.363 e. The summed E-state index contributed by atoms with van der Waals surface area (Å²) in [6.07, 6.45) is 3.48. The molecule has 0 radical (unpaired) electrons. The van der Waals surface area contributed by atoms with Crippen LogP contribution in [-0.4, -0.2) is 28.5 Å². The predicted octanol–water partition coefficient (Wildman–Crippen LogP) is 1.31. The normalized spacial score (nSPS) is 24.0. The molecule has 0 amide bonds. The zero-order valence-corrected chi connectivity index (χ0v) is 9.74. The van der Waals surface area contributed by atoms with Gasteiger partial charge in [0, 0.05) is 24.7 Å². The van der Waals surface area contributed by atoms with Crippen molar-refractivity contribution >= 4 is 11.5 Å².